The summed E-state index contributed by atoms with van der Waals surface area (Å²) in [5, 5.41) is 14.7. The molecule has 0 spiro atoms. The van der Waals surface area contributed by atoms with Crippen molar-refractivity contribution in [3.05, 3.63) is 36.4 Å². The van der Waals surface area contributed by atoms with Crippen LogP contribution in [0.2, 0.25) is 0 Å². The van der Waals surface area contributed by atoms with Crippen molar-refractivity contribution >= 4 is 17.0 Å². The van der Waals surface area contributed by atoms with E-state index >= 15 is 0 Å². The predicted octanol–water partition coefficient (Wildman–Crippen LogP) is 6.65. The molecule has 1 amide bonds. The standard InChI is InChI=1S/C25H34N4O3/c1-2-3-4-5-6-7-8-9-16-28-18-15-19-20(12-10-13-21(19)28)23-26-24(32-27-23)22-14-11-17-29(22)25(30)31/h10,12-13,15,18,22H,2-9,11,14,16-17H2,1H3,(H,30,31)/t22-/m0/s1. The molecule has 0 radical (unpaired) electrons. The van der Waals surface area contributed by atoms with E-state index in [0.29, 0.717) is 24.7 Å². The van der Waals surface area contributed by atoms with Gasteiger partial charge in [-0.3, -0.25) is 4.90 Å². The molecule has 1 fully saturated rings. The van der Waals surface area contributed by atoms with E-state index in [1.807, 2.05) is 12.1 Å². The predicted molar refractivity (Wildman–Crippen MR) is 125 cm³/mol. The zero-order chi connectivity index (χ0) is 22.3. The number of rotatable bonds is 11. The van der Waals surface area contributed by atoms with Gasteiger partial charge in [-0.15, -0.1) is 0 Å². The van der Waals surface area contributed by atoms with Crippen LogP contribution in [0.15, 0.2) is 35.0 Å². The van der Waals surface area contributed by atoms with E-state index in [-0.39, 0.29) is 6.04 Å². The number of aryl methyl sites for hydroxylation is 1. The lowest BCUT2D eigenvalue weighted by Crippen LogP contribution is -2.28. The van der Waals surface area contributed by atoms with Crippen LogP contribution in [0.5, 0.6) is 0 Å². The average molecular weight is 439 g/mol. The second kappa shape index (κ2) is 10.7. The highest BCUT2D eigenvalue weighted by atomic mass is 16.5. The van der Waals surface area contributed by atoms with Crippen LogP contribution in [0.1, 0.15) is 83.1 Å². The first-order valence-electron chi connectivity index (χ1n) is 12.1. The molecule has 32 heavy (non-hydrogen) atoms. The van der Waals surface area contributed by atoms with Gasteiger partial charge in [-0.1, -0.05) is 69.2 Å². The van der Waals surface area contributed by atoms with E-state index in [1.54, 1.807) is 0 Å². The number of hydrogen-bond donors (Lipinski definition) is 1. The molecule has 1 aliphatic rings. The third kappa shape index (κ3) is 4.97. The second-order valence-corrected chi connectivity index (χ2v) is 8.81. The largest absolute Gasteiger partial charge is 0.465 e. The van der Waals surface area contributed by atoms with Crippen LogP contribution in [0.25, 0.3) is 22.3 Å². The Labute approximate surface area is 189 Å². The quantitative estimate of drug-likeness (QED) is 0.339. The summed E-state index contributed by atoms with van der Waals surface area (Å²) in [7, 11) is 0. The van der Waals surface area contributed by atoms with Crippen molar-refractivity contribution in [1.82, 2.24) is 19.6 Å². The Morgan fingerprint density at radius 2 is 1.91 bits per heavy atom. The molecule has 7 heteroatoms. The minimum absolute atomic E-state index is 0.348. The third-order valence-electron chi connectivity index (χ3n) is 6.53. The fourth-order valence-electron chi connectivity index (χ4n) is 4.76. The molecule has 0 aliphatic carbocycles. The van der Waals surface area contributed by atoms with Crippen LogP contribution >= 0.6 is 0 Å². The van der Waals surface area contributed by atoms with Crippen LogP contribution < -0.4 is 0 Å². The zero-order valence-electron chi connectivity index (χ0n) is 19.0. The SMILES string of the molecule is CCCCCCCCCCn1ccc2c(-c3noc([C@@H]4CCCN4C(=O)O)n3)cccc21. The van der Waals surface area contributed by atoms with Crippen molar-refractivity contribution < 1.29 is 14.4 Å². The van der Waals surface area contributed by atoms with Gasteiger partial charge in [-0.25, -0.2) is 4.79 Å². The van der Waals surface area contributed by atoms with Crippen LogP contribution in [0.4, 0.5) is 4.79 Å². The van der Waals surface area contributed by atoms with E-state index in [1.165, 1.54) is 61.8 Å². The van der Waals surface area contributed by atoms with Gasteiger partial charge in [0, 0.05) is 35.8 Å². The molecular formula is C25H34N4O3. The van der Waals surface area contributed by atoms with E-state index in [0.717, 1.165) is 23.9 Å². The maximum absolute atomic E-state index is 11.5. The first-order valence-corrected chi connectivity index (χ1v) is 12.1. The molecule has 1 N–H and O–H groups in total. The first kappa shape index (κ1) is 22.4. The summed E-state index contributed by atoms with van der Waals surface area (Å²) in [5.41, 5.74) is 2.09. The molecule has 3 heterocycles. The van der Waals surface area contributed by atoms with Crippen molar-refractivity contribution in [1.29, 1.82) is 0 Å². The molecule has 1 saturated heterocycles. The van der Waals surface area contributed by atoms with Gasteiger partial charge >= 0.3 is 6.09 Å². The number of amides is 1. The smallest absolute Gasteiger partial charge is 0.407 e. The van der Waals surface area contributed by atoms with Crippen LogP contribution in [-0.4, -0.2) is 37.4 Å². The Balaban J connectivity index is 1.40. The summed E-state index contributed by atoms with van der Waals surface area (Å²) < 4.78 is 7.80. The Morgan fingerprint density at radius 1 is 1.12 bits per heavy atom. The van der Waals surface area contributed by atoms with Gasteiger partial charge in [0.25, 0.3) is 0 Å². The van der Waals surface area contributed by atoms with E-state index in [4.69, 9.17) is 4.52 Å². The first-order chi connectivity index (χ1) is 15.7. The molecule has 1 aliphatic heterocycles. The Hall–Kier alpha value is -2.83. The number of nitrogens with zero attached hydrogens (tertiary/aromatic N) is 4. The van der Waals surface area contributed by atoms with Crippen LogP contribution in [0.3, 0.4) is 0 Å². The van der Waals surface area contributed by atoms with Crippen molar-refractivity contribution in [3.8, 4) is 11.4 Å². The Bertz CT molecular complexity index is 1030. The lowest BCUT2D eigenvalue weighted by atomic mass is 10.1. The van der Waals surface area contributed by atoms with Crippen LogP contribution in [-0.2, 0) is 6.54 Å². The number of benzene rings is 1. The highest BCUT2D eigenvalue weighted by Gasteiger charge is 2.34. The molecule has 7 nitrogen and oxygen atoms in total. The highest BCUT2D eigenvalue weighted by molar-refractivity contribution is 5.93. The molecule has 4 rings (SSSR count). The molecule has 3 aromatic rings. The lowest BCUT2D eigenvalue weighted by molar-refractivity contribution is 0.131. The normalized spacial score (nSPS) is 16.3. The minimum Gasteiger partial charge on any atom is -0.465 e. The summed E-state index contributed by atoms with van der Waals surface area (Å²) in [5.74, 6) is 0.906. The Kier molecular flexibility index (Phi) is 7.45. The summed E-state index contributed by atoms with van der Waals surface area (Å²) in [6.07, 6.45) is 13.2. The van der Waals surface area contributed by atoms with Gasteiger partial charge in [0.15, 0.2) is 0 Å². The van der Waals surface area contributed by atoms with Gasteiger partial charge in [0.1, 0.15) is 6.04 Å². The number of carbonyl (C=O) groups is 1. The average Bonchev–Trinajstić information content (AvgIpc) is 3.54. The zero-order valence-corrected chi connectivity index (χ0v) is 19.0. The van der Waals surface area contributed by atoms with Crippen LogP contribution in [0, 0.1) is 0 Å². The second-order valence-electron chi connectivity index (χ2n) is 8.81. The summed E-state index contributed by atoms with van der Waals surface area (Å²) >= 11 is 0. The summed E-state index contributed by atoms with van der Waals surface area (Å²) in [4.78, 5) is 17.4. The van der Waals surface area contributed by atoms with Gasteiger partial charge < -0.3 is 14.2 Å². The maximum atomic E-state index is 11.5. The molecule has 0 saturated carbocycles. The molecule has 0 bridgehead atoms. The molecule has 0 unspecified atom stereocenters. The fraction of sp³-hybridized carbons (Fsp3) is 0.560. The summed E-state index contributed by atoms with van der Waals surface area (Å²) in [6.45, 7) is 3.77. The molecule has 1 aromatic carbocycles. The molecule has 172 valence electrons. The highest BCUT2D eigenvalue weighted by Crippen LogP contribution is 2.33. The lowest BCUT2D eigenvalue weighted by Gasteiger charge is -2.17. The van der Waals surface area contributed by atoms with E-state index in [9.17, 15) is 9.90 Å². The van der Waals surface area contributed by atoms with Crippen molar-refractivity contribution in [2.45, 2.75) is 83.7 Å². The number of unbranched alkanes of at least 4 members (excludes halogenated alkanes) is 7. The molecule has 1 atom stereocenters. The van der Waals surface area contributed by atoms with E-state index in [2.05, 4.69) is 40.0 Å². The topological polar surface area (TPSA) is 84.4 Å². The Morgan fingerprint density at radius 3 is 2.69 bits per heavy atom. The molecule has 2 aromatic heterocycles. The maximum Gasteiger partial charge on any atom is 0.407 e. The number of aromatic nitrogens is 3. The van der Waals surface area contributed by atoms with Gasteiger partial charge in [0.2, 0.25) is 11.7 Å². The fourth-order valence-corrected chi connectivity index (χ4v) is 4.76. The van der Waals surface area contributed by atoms with Gasteiger partial charge in [0.05, 0.1) is 0 Å². The number of fused-ring (bicyclic) bond motifs is 1. The van der Waals surface area contributed by atoms with Gasteiger partial charge in [-0.05, 0) is 31.4 Å². The van der Waals surface area contributed by atoms with E-state index < -0.39 is 6.09 Å². The molecular weight excluding hydrogens is 404 g/mol. The minimum atomic E-state index is -0.938. The van der Waals surface area contributed by atoms with Crippen molar-refractivity contribution in [2.24, 2.45) is 0 Å². The third-order valence-corrected chi connectivity index (χ3v) is 6.53. The number of carboxylic acid groups (broad SMARTS) is 1. The summed E-state index contributed by atoms with van der Waals surface area (Å²) in [6, 6.07) is 7.93. The monoisotopic (exact) mass is 438 g/mol. The van der Waals surface area contributed by atoms with Gasteiger partial charge in [-0.2, -0.15) is 4.98 Å². The number of hydrogen-bond acceptors (Lipinski definition) is 4. The van der Waals surface area contributed by atoms with Crippen molar-refractivity contribution in [2.75, 3.05) is 6.54 Å². The van der Waals surface area contributed by atoms with Crippen molar-refractivity contribution in [3.63, 3.8) is 0 Å². The number of likely N-dealkylation sites (tertiary alicyclic amines) is 1.